The number of ether oxygens (including phenoxy) is 1. The van der Waals surface area contributed by atoms with E-state index in [1.165, 1.54) is 17.4 Å². The van der Waals surface area contributed by atoms with E-state index >= 15 is 0 Å². The van der Waals surface area contributed by atoms with E-state index in [9.17, 15) is 4.79 Å². The number of thiophene rings is 1. The second-order valence-electron chi connectivity index (χ2n) is 3.88. The molecule has 5 nitrogen and oxygen atoms in total. The van der Waals surface area contributed by atoms with Crippen LogP contribution in [0.4, 0.5) is 0 Å². The summed E-state index contributed by atoms with van der Waals surface area (Å²) < 4.78 is 5.93. The molecular formula is C12H14BrN3O2S. The van der Waals surface area contributed by atoms with E-state index in [1.54, 1.807) is 7.11 Å². The van der Waals surface area contributed by atoms with E-state index in [-0.39, 0.29) is 5.56 Å². The topological polar surface area (TPSA) is 67.0 Å². The summed E-state index contributed by atoms with van der Waals surface area (Å²) in [6.07, 6.45) is 0. The van der Waals surface area contributed by atoms with Crippen molar-refractivity contribution in [2.75, 3.05) is 20.3 Å². The molecule has 0 radical (unpaired) electrons. The van der Waals surface area contributed by atoms with Gasteiger partial charge in [0, 0.05) is 36.1 Å². The number of H-pyrrole nitrogens is 1. The molecule has 0 atom stereocenters. The summed E-state index contributed by atoms with van der Waals surface area (Å²) in [6, 6.07) is 3.44. The highest BCUT2D eigenvalue weighted by Crippen LogP contribution is 2.26. The molecule has 0 unspecified atom stereocenters. The lowest BCUT2D eigenvalue weighted by molar-refractivity contribution is 0.199. The molecule has 2 aromatic heterocycles. The SMILES string of the molecule is COCCNCc1cc(=O)[nH]c(-c2cc(Br)cs2)n1. The molecule has 0 aromatic carbocycles. The first kappa shape index (κ1) is 14.4. The molecule has 2 aromatic rings. The molecule has 0 amide bonds. The van der Waals surface area contributed by atoms with Crippen molar-refractivity contribution in [3.63, 3.8) is 0 Å². The van der Waals surface area contributed by atoms with Crippen LogP contribution in [0, 0.1) is 0 Å². The van der Waals surface area contributed by atoms with E-state index in [0.717, 1.165) is 21.6 Å². The second kappa shape index (κ2) is 6.95. The van der Waals surface area contributed by atoms with Crippen LogP contribution in [0.25, 0.3) is 10.7 Å². The highest BCUT2D eigenvalue weighted by molar-refractivity contribution is 9.10. The summed E-state index contributed by atoms with van der Waals surface area (Å²) in [6.45, 7) is 1.91. The van der Waals surface area contributed by atoms with Crippen molar-refractivity contribution in [1.82, 2.24) is 15.3 Å². The molecule has 7 heteroatoms. The van der Waals surface area contributed by atoms with Gasteiger partial charge in [0.2, 0.25) is 0 Å². The fourth-order valence-electron chi connectivity index (χ4n) is 1.54. The molecule has 0 spiro atoms. The monoisotopic (exact) mass is 343 g/mol. The maximum Gasteiger partial charge on any atom is 0.251 e. The number of nitrogens with one attached hydrogen (secondary N) is 2. The molecule has 0 fully saturated rings. The molecule has 2 rings (SSSR count). The molecule has 0 aliphatic rings. The predicted molar refractivity (Wildman–Crippen MR) is 79.5 cm³/mol. The maximum atomic E-state index is 11.6. The van der Waals surface area contributed by atoms with E-state index in [2.05, 4.69) is 31.2 Å². The van der Waals surface area contributed by atoms with Gasteiger partial charge in [0.1, 0.15) is 0 Å². The fourth-order valence-corrected chi connectivity index (χ4v) is 2.91. The molecule has 0 aliphatic carbocycles. The number of methoxy groups -OCH3 is 1. The van der Waals surface area contributed by atoms with Gasteiger partial charge in [-0.1, -0.05) is 0 Å². The summed E-state index contributed by atoms with van der Waals surface area (Å²) in [5.41, 5.74) is 0.581. The van der Waals surface area contributed by atoms with Gasteiger partial charge in [0.05, 0.1) is 17.2 Å². The average Bonchev–Trinajstić information content (AvgIpc) is 2.81. The van der Waals surface area contributed by atoms with Gasteiger partial charge < -0.3 is 15.0 Å². The number of aromatic nitrogens is 2. The first-order chi connectivity index (χ1) is 9.19. The van der Waals surface area contributed by atoms with Crippen LogP contribution in [-0.2, 0) is 11.3 Å². The minimum absolute atomic E-state index is 0.141. The highest BCUT2D eigenvalue weighted by atomic mass is 79.9. The molecule has 0 saturated heterocycles. The molecule has 0 saturated carbocycles. The van der Waals surface area contributed by atoms with Gasteiger partial charge in [-0.3, -0.25) is 4.79 Å². The average molecular weight is 344 g/mol. The lowest BCUT2D eigenvalue weighted by Gasteiger charge is -2.04. The van der Waals surface area contributed by atoms with Crippen molar-refractivity contribution < 1.29 is 4.74 Å². The summed E-state index contributed by atoms with van der Waals surface area (Å²) in [5.74, 6) is 0.603. The third-order valence-corrected chi connectivity index (χ3v) is 4.08. The molecular weight excluding hydrogens is 330 g/mol. The van der Waals surface area contributed by atoms with Gasteiger partial charge in [-0.2, -0.15) is 0 Å². The standard InChI is InChI=1S/C12H14BrN3O2S/c1-18-3-2-14-6-9-5-11(17)16-12(15-9)10-4-8(13)7-19-10/h4-5,7,14H,2-3,6H2,1H3,(H,15,16,17). The second-order valence-corrected chi connectivity index (χ2v) is 5.71. The minimum Gasteiger partial charge on any atom is -0.383 e. The Balaban J connectivity index is 2.13. The van der Waals surface area contributed by atoms with Crippen molar-refractivity contribution in [2.45, 2.75) is 6.54 Å². The summed E-state index contributed by atoms with van der Waals surface area (Å²) in [7, 11) is 1.65. The lowest BCUT2D eigenvalue weighted by atomic mass is 10.3. The molecule has 2 N–H and O–H groups in total. The van der Waals surface area contributed by atoms with Gasteiger partial charge in [-0.25, -0.2) is 4.98 Å². The fraction of sp³-hybridized carbons (Fsp3) is 0.333. The molecule has 0 aliphatic heterocycles. The third-order valence-electron chi connectivity index (χ3n) is 2.38. The lowest BCUT2D eigenvalue weighted by Crippen LogP contribution is -2.21. The van der Waals surface area contributed by atoms with Crippen LogP contribution in [-0.4, -0.2) is 30.2 Å². The zero-order valence-corrected chi connectivity index (χ0v) is 12.8. The molecule has 102 valence electrons. The Morgan fingerprint density at radius 1 is 1.53 bits per heavy atom. The molecule has 19 heavy (non-hydrogen) atoms. The van der Waals surface area contributed by atoms with E-state index in [1.807, 2.05) is 11.4 Å². The van der Waals surface area contributed by atoms with Crippen LogP contribution in [0.3, 0.4) is 0 Å². The Morgan fingerprint density at radius 2 is 2.37 bits per heavy atom. The van der Waals surface area contributed by atoms with Gasteiger partial charge in [0.15, 0.2) is 5.82 Å². The van der Waals surface area contributed by atoms with Crippen molar-refractivity contribution >= 4 is 27.3 Å². The summed E-state index contributed by atoms with van der Waals surface area (Å²) in [5, 5.41) is 5.12. The van der Waals surface area contributed by atoms with Crippen LogP contribution < -0.4 is 10.9 Å². The highest BCUT2D eigenvalue weighted by Gasteiger charge is 2.06. The Bertz CT molecular complexity index is 597. The van der Waals surface area contributed by atoms with Crippen molar-refractivity contribution in [1.29, 1.82) is 0 Å². The zero-order chi connectivity index (χ0) is 13.7. The molecule has 0 bridgehead atoms. The van der Waals surface area contributed by atoms with Gasteiger partial charge >= 0.3 is 0 Å². The van der Waals surface area contributed by atoms with Crippen molar-refractivity contribution in [2.24, 2.45) is 0 Å². The first-order valence-corrected chi connectivity index (χ1v) is 7.40. The van der Waals surface area contributed by atoms with Crippen LogP contribution in [0.15, 0.2) is 26.8 Å². The van der Waals surface area contributed by atoms with Crippen LogP contribution in [0.5, 0.6) is 0 Å². The first-order valence-electron chi connectivity index (χ1n) is 5.73. The van der Waals surface area contributed by atoms with Crippen molar-refractivity contribution in [3.05, 3.63) is 38.0 Å². The Labute approximate surface area is 123 Å². The van der Waals surface area contributed by atoms with Crippen LogP contribution in [0.1, 0.15) is 5.69 Å². The predicted octanol–water partition coefficient (Wildman–Crippen LogP) is 2.00. The van der Waals surface area contributed by atoms with Crippen LogP contribution in [0.2, 0.25) is 0 Å². The number of aromatic amines is 1. The normalized spacial score (nSPS) is 10.8. The van der Waals surface area contributed by atoms with E-state index < -0.39 is 0 Å². The number of hydrogen-bond acceptors (Lipinski definition) is 5. The van der Waals surface area contributed by atoms with Gasteiger partial charge in [-0.15, -0.1) is 11.3 Å². The van der Waals surface area contributed by atoms with Gasteiger partial charge in [0.25, 0.3) is 5.56 Å². The Morgan fingerprint density at radius 3 is 3.05 bits per heavy atom. The number of nitrogens with zero attached hydrogens (tertiary/aromatic N) is 1. The van der Waals surface area contributed by atoms with Gasteiger partial charge in [-0.05, 0) is 22.0 Å². The minimum atomic E-state index is -0.141. The number of rotatable bonds is 6. The van der Waals surface area contributed by atoms with Crippen LogP contribution >= 0.6 is 27.3 Å². The maximum absolute atomic E-state index is 11.6. The quantitative estimate of drug-likeness (QED) is 0.787. The van der Waals surface area contributed by atoms with E-state index in [0.29, 0.717) is 19.0 Å². The molecule has 2 heterocycles. The largest absolute Gasteiger partial charge is 0.383 e. The number of halogens is 1. The third kappa shape index (κ3) is 4.24. The smallest absolute Gasteiger partial charge is 0.251 e. The number of hydrogen-bond donors (Lipinski definition) is 2. The summed E-state index contributed by atoms with van der Waals surface area (Å²) >= 11 is 4.92. The Kier molecular flexibility index (Phi) is 5.26. The van der Waals surface area contributed by atoms with E-state index in [4.69, 9.17) is 4.74 Å². The van der Waals surface area contributed by atoms with Crippen molar-refractivity contribution in [3.8, 4) is 10.7 Å². The summed E-state index contributed by atoms with van der Waals surface area (Å²) in [4.78, 5) is 19.8. The zero-order valence-electron chi connectivity index (χ0n) is 10.4. The Hall–Kier alpha value is -1.02.